The second kappa shape index (κ2) is 4.50. The van der Waals surface area contributed by atoms with Crippen LogP contribution in [-0.4, -0.2) is 17.5 Å². The van der Waals surface area contributed by atoms with E-state index in [-0.39, 0.29) is 30.1 Å². The number of carbonyl (C=O) groups is 1. The van der Waals surface area contributed by atoms with E-state index in [0.29, 0.717) is 0 Å². The van der Waals surface area contributed by atoms with E-state index in [9.17, 15) is 4.79 Å². The molecule has 0 fully saturated rings. The van der Waals surface area contributed by atoms with Crippen molar-refractivity contribution in [3.63, 3.8) is 0 Å². The number of aliphatic hydroxyl groups is 1. The summed E-state index contributed by atoms with van der Waals surface area (Å²) in [5.41, 5.74) is 0. The number of rotatable bonds is 4. The average molecular weight is 158 g/mol. The Hall–Kier alpha value is -0.370. The van der Waals surface area contributed by atoms with Crippen LogP contribution in [0.3, 0.4) is 0 Å². The maximum atomic E-state index is 11.4. The molecule has 0 aromatic heterocycles. The van der Waals surface area contributed by atoms with E-state index in [0.717, 1.165) is 0 Å². The van der Waals surface area contributed by atoms with Gasteiger partial charge < -0.3 is 5.11 Å². The second-order valence-corrected chi connectivity index (χ2v) is 3.59. The van der Waals surface area contributed by atoms with E-state index >= 15 is 0 Å². The molecule has 0 saturated heterocycles. The lowest BCUT2D eigenvalue weighted by Gasteiger charge is -2.18. The summed E-state index contributed by atoms with van der Waals surface area (Å²) in [5.74, 6) is 0.280. The van der Waals surface area contributed by atoms with Crippen LogP contribution in [0.5, 0.6) is 0 Å². The van der Waals surface area contributed by atoms with Crippen LogP contribution in [0, 0.1) is 17.8 Å². The zero-order valence-electron chi connectivity index (χ0n) is 7.79. The molecule has 0 saturated carbocycles. The molecule has 0 bridgehead atoms. The molecular weight excluding hydrogens is 140 g/mol. The highest BCUT2D eigenvalue weighted by Gasteiger charge is 2.22. The first-order valence-corrected chi connectivity index (χ1v) is 4.15. The number of aliphatic hydroxyl groups excluding tert-OH is 1. The van der Waals surface area contributed by atoms with E-state index in [1.165, 1.54) is 0 Å². The van der Waals surface area contributed by atoms with E-state index in [2.05, 4.69) is 0 Å². The lowest BCUT2D eigenvalue weighted by Crippen LogP contribution is -2.27. The molecule has 1 atom stereocenters. The second-order valence-electron chi connectivity index (χ2n) is 3.59. The number of ketones is 1. The number of hydrogen-bond donors (Lipinski definition) is 1. The van der Waals surface area contributed by atoms with Crippen molar-refractivity contribution in [2.24, 2.45) is 17.8 Å². The first-order valence-electron chi connectivity index (χ1n) is 4.15. The van der Waals surface area contributed by atoms with Crippen molar-refractivity contribution in [1.29, 1.82) is 0 Å². The Labute approximate surface area is 68.6 Å². The normalized spacial score (nSPS) is 14.1. The summed E-state index contributed by atoms with van der Waals surface area (Å²) in [4.78, 5) is 11.4. The van der Waals surface area contributed by atoms with Gasteiger partial charge >= 0.3 is 0 Å². The van der Waals surface area contributed by atoms with Crippen LogP contribution in [-0.2, 0) is 4.79 Å². The molecule has 1 N–H and O–H groups in total. The molecule has 0 rings (SSSR count). The van der Waals surface area contributed by atoms with Gasteiger partial charge in [-0.25, -0.2) is 0 Å². The first kappa shape index (κ1) is 10.6. The Morgan fingerprint density at radius 1 is 1.27 bits per heavy atom. The van der Waals surface area contributed by atoms with Gasteiger partial charge in [0.1, 0.15) is 5.78 Å². The fourth-order valence-corrected chi connectivity index (χ4v) is 1.06. The zero-order chi connectivity index (χ0) is 9.02. The summed E-state index contributed by atoms with van der Waals surface area (Å²) in [5, 5.41) is 8.89. The maximum absolute atomic E-state index is 11.4. The predicted octanol–water partition coefficient (Wildman–Crippen LogP) is 1.48. The number of Topliss-reactive ketones (excluding diaryl/α,β-unsaturated/α-hetero) is 1. The Morgan fingerprint density at radius 3 is 1.82 bits per heavy atom. The summed E-state index contributed by atoms with van der Waals surface area (Å²) in [6.45, 7) is 7.64. The van der Waals surface area contributed by atoms with Crippen LogP contribution in [0.1, 0.15) is 27.7 Å². The molecule has 66 valence electrons. The Balaban J connectivity index is 4.15. The fraction of sp³-hybridized carbons (Fsp3) is 0.889. The predicted molar refractivity (Wildman–Crippen MR) is 45.3 cm³/mol. The van der Waals surface area contributed by atoms with Gasteiger partial charge in [-0.15, -0.1) is 0 Å². The Morgan fingerprint density at radius 2 is 1.73 bits per heavy atom. The third-order valence-electron chi connectivity index (χ3n) is 1.94. The first-order chi connectivity index (χ1) is 5.00. The molecule has 0 aliphatic carbocycles. The SMILES string of the molecule is CC(C)C(=O)[C@@H](CO)C(C)C. The Kier molecular flexibility index (Phi) is 4.34. The minimum absolute atomic E-state index is 0.0192. The van der Waals surface area contributed by atoms with Crippen LogP contribution >= 0.6 is 0 Å². The molecule has 0 aromatic carbocycles. The lowest BCUT2D eigenvalue weighted by molar-refractivity contribution is -0.128. The fourth-order valence-electron chi connectivity index (χ4n) is 1.06. The monoisotopic (exact) mass is 158 g/mol. The lowest BCUT2D eigenvalue weighted by atomic mass is 9.87. The smallest absolute Gasteiger partial charge is 0.141 e. The van der Waals surface area contributed by atoms with Crippen molar-refractivity contribution in [2.75, 3.05) is 6.61 Å². The highest BCUT2D eigenvalue weighted by Crippen LogP contribution is 2.15. The largest absolute Gasteiger partial charge is 0.396 e. The van der Waals surface area contributed by atoms with Crippen LogP contribution in [0.15, 0.2) is 0 Å². The summed E-state index contributed by atoms with van der Waals surface area (Å²) >= 11 is 0. The van der Waals surface area contributed by atoms with Crippen molar-refractivity contribution >= 4 is 5.78 Å². The van der Waals surface area contributed by atoms with E-state index in [4.69, 9.17) is 5.11 Å². The van der Waals surface area contributed by atoms with Gasteiger partial charge in [-0.2, -0.15) is 0 Å². The molecule has 0 aromatic rings. The van der Waals surface area contributed by atoms with Crippen LogP contribution < -0.4 is 0 Å². The van der Waals surface area contributed by atoms with Gasteiger partial charge in [0, 0.05) is 11.8 Å². The van der Waals surface area contributed by atoms with E-state index in [1.807, 2.05) is 27.7 Å². The number of hydrogen-bond acceptors (Lipinski definition) is 2. The van der Waals surface area contributed by atoms with Crippen molar-refractivity contribution in [2.45, 2.75) is 27.7 Å². The minimum atomic E-state index is -0.171. The molecule has 0 aliphatic heterocycles. The molecule has 11 heavy (non-hydrogen) atoms. The third-order valence-corrected chi connectivity index (χ3v) is 1.94. The van der Waals surface area contributed by atoms with Gasteiger partial charge in [0.2, 0.25) is 0 Å². The standard InChI is InChI=1S/C9H18O2/c1-6(2)8(5-10)9(11)7(3)4/h6-8,10H,5H2,1-4H3/t8-/m0/s1. The van der Waals surface area contributed by atoms with Gasteiger partial charge in [-0.3, -0.25) is 4.79 Å². The summed E-state index contributed by atoms with van der Waals surface area (Å²) in [6.07, 6.45) is 0. The molecular formula is C9H18O2. The minimum Gasteiger partial charge on any atom is -0.396 e. The summed E-state index contributed by atoms with van der Waals surface area (Å²) in [6, 6.07) is 0. The van der Waals surface area contributed by atoms with Crippen molar-refractivity contribution in [3.05, 3.63) is 0 Å². The summed E-state index contributed by atoms with van der Waals surface area (Å²) < 4.78 is 0. The topological polar surface area (TPSA) is 37.3 Å². The number of carbonyl (C=O) groups excluding carboxylic acids is 1. The van der Waals surface area contributed by atoms with Crippen molar-refractivity contribution in [1.82, 2.24) is 0 Å². The van der Waals surface area contributed by atoms with Gasteiger partial charge in [0.05, 0.1) is 6.61 Å². The summed E-state index contributed by atoms with van der Waals surface area (Å²) in [7, 11) is 0. The van der Waals surface area contributed by atoms with Crippen molar-refractivity contribution < 1.29 is 9.90 Å². The highest BCUT2D eigenvalue weighted by molar-refractivity contribution is 5.83. The maximum Gasteiger partial charge on any atom is 0.141 e. The Bertz CT molecular complexity index is 128. The highest BCUT2D eigenvalue weighted by atomic mass is 16.3. The zero-order valence-corrected chi connectivity index (χ0v) is 7.79. The van der Waals surface area contributed by atoms with Gasteiger partial charge in [0.25, 0.3) is 0 Å². The molecule has 2 nitrogen and oxygen atoms in total. The molecule has 0 aliphatic rings. The molecule has 2 heteroatoms. The molecule has 0 radical (unpaired) electrons. The van der Waals surface area contributed by atoms with Crippen LogP contribution in [0.2, 0.25) is 0 Å². The van der Waals surface area contributed by atoms with Crippen molar-refractivity contribution in [3.8, 4) is 0 Å². The quantitative estimate of drug-likeness (QED) is 0.672. The van der Waals surface area contributed by atoms with Gasteiger partial charge in [-0.1, -0.05) is 27.7 Å². The van der Waals surface area contributed by atoms with Crippen LogP contribution in [0.25, 0.3) is 0 Å². The molecule has 0 spiro atoms. The van der Waals surface area contributed by atoms with Crippen LogP contribution in [0.4, 0.5) is 0 Å². The molecule has 0 unspecified atom stereocenters. The molecule has 0 amide bonds. The van der Waals surface area contributed by atoms with E-state index < -0.39 is 0 Å². The van der Waals surface area contributed by atoms with Gasteiger partial charge in [-0.05, 0) is 5.92 Å². The molecule has 0 heterocycles. The third kappa shape index (κ3) is 3.02. The van der Waals surface area contributed by atoms with Gasteiger partial charge in [0.15, 0.2) is 0 Å². The van der Waals surface area contributed by atoms with E-state index in [1.54, 1.807) is 0 Å². The average Bonchev–Trinajstić information content (AvgIpc) is 1.88.